The lowest BCUT2D eigenvalue weighted by Crippen LogP contribution is -3.00. The van der Waals surface area contributed by atoms with Gasteiger partial charge in [0, 0.05) is 0 Å². The SMILES string of the molecule is [Br-].c1ccc(Cn2cc[n+](Cc3ccc4ccccc4c3)c2)cc1. The lowest BCUT2D eigenvalue weighted by Gasteiger charge is -2.01. The van der Waals surface area contributed by atoms with Crippen LogP contribution in [0.15, 0.2) is 91.5 Å². The fourth-order valence-corrected chi connectivity index (χ4v) is 2.97. The molecule has 0 atom stereocenters. The van der Waals surface area contributed by atoms with Gasteiger partial charge in [-0.3, -0.25) is 0 Å². The van der Waals surface area contributed by atoms with Gasteiger partial charge in [0.05, 0.1) is 0 Å². The summed E-state index contributed by atoms with van der Waals surface area (Å²) in [4.78, 5) is 0. The van der Waals surface area contributed by atoms with Gasteiger partial charge >= 0.3 is 0 Å². The van der Waals surface area contributed by atoms with Gasteiger partial charge in [-0.15, -0.1) is 0 Å². The van der Waals surface area contributed by atoms with E-state index in [4.69, 9.17) is 0 Å². The Morgan fingerprint density at radius 3 is 2.33 bits per heavy atom. The molecular weight excluding hydrogens is 360 g/mol. The van der Waals surface area contributed by atoms with Crippen molar-refractivity contribution in [1.82, 2.24) is 4.57 Å². The van der Waals surface area contributed by atoms with Gasteiger partial charge < -0.3 is 17.0 Å². The summed E-state index contributed by atoms with van der Waals surface area (Å²) in [5.74, 6) is 0. The molecule has 0 radical (unpaired) electrons. The quantitative estimate of drug-likeness (QED) is 0.469. The summed E-state index contributed by atoms with van der Waals surface area (Å²) in [7, 11) is 0. The first kappa shape index (κ1) is 16.5. The number of imidazole rings is 1. The molecule has 0 fully saturated rings. The van der Waals surface area contributed by atoms with Gasteiger partial charge in [-0.2, -0.15) is 0 Å². The largest absolute Gasteiger partial charge is 1.00 e. The monoisotopic (exact) mass is 378 g/mol. The molecule has 0 aliphatic heterocycles. The van der Waals surface area contributed by atoms with Gasteiger partial charge in [0.1, 0.15) is 25.5 Å². The minimum atomic E-state index is 0. The van der Waals surface area contributed by atoms with Crippen LogP contribution in [0.25, 0.3) is 10.8 Å². The van der Waals surface area contributed by atoms with E-state index in [0.717, 1.165) is 13.1 Å². The van der Waals surface area contributed by atoms with Crippen LogP contribution in [-0.2, 0) is 13.1 Å². The Hall–Kier alpha value is -2.39. The molecule has 120 valence electrons. The molecule has 2 nitrogen and oxygen atoms in total. The van der Waals surface area contributed by atoms with Gasteiger partial charge in [-0.05, 0) is 28.0 Å². The van der Waals surface area contributed by atoms with Crippen molar-refractivity contribution in [1.29, 1.82) is 0 Å². The van der Waals surface area contributed by atoms with E-state index in [1.54, 1.807) is 0 Å². The van der Waals surface area contributed by atoms with E-state index >= 15 is 0 Å². The number of aromatic nitrogens is 2. The average molecular weight is 379 g/mol. The lowest BCUT2D eigenvalue weighted by atomic mass is 10.1. The summed E-state index contributed by atoms with van der Waals surface area (Å²) < 4.78 is 4.45. The Morgan fingerprint density at radius 1 is 0.750 bits per heavy atom. The van der Waals surface area contributed by atoms with Crippen LogP contribution in [0, 0.1) is 0 Å². The van der Waals surface area contributed by atoms with Crippen LogP contribution in [0.4, 0.5) is 0 Å². The van der Waals surface area contributed by atoms with Crippen molar-refractivity contribution in [2.45, 2.75) is 13.1 Å². The highest BCUT2D eigenvalue weighted by atomic mass is 79.9. The van der Waals surface area contributed by atoms with E-state index in [9.17, 15) is 0 Å². The van der Waals surface area contributed by atoms with Crippen molar-refractivity contribution < 1.29 is 21.5 Å². The Bertz CT molecular complexity index is 929. The Balaban J connectivity index is 0.00000169. The Kier molecular flexibility index (Phi) is 5.11. The molecule has 0 unspecified atom stereocenters. The molecule has 24 heavy (non-hydrogen) atoms. The molecule has 0 aliphatic rings. The summed E-state index contributed by atoms with van der Waals surface area (Å²) in [6.45, 7) is 1.80. The highest BCUT2D eigenvalue weighted by Gasteiger charge is 2.06. The summed E-state index contributed by atoms with van der Waals surface area (Å²) >= 11 is 0. The minimum absolute atomic E-state index is 0. The van der Waals surface area contributed by atoms with Crippen LogP contribution >= 0.6 is 0 Å². The molecule has 4 aromatic rings. The van der Waals surface area contributed by atoms with Crippen molar-refractivity contribution in [3.05, 3.63) is 103 Å². The van der Waals surface area contributed by atoms with Gasteiger partial charge in [-0.1, -0.05) is 66.7 Å². The van der Waals surface area contributed by atoms with E-state index in [1.165, 1.54) is 21.9 Å². The van der Waals surface area contributed by atoms with E-state index < -0.39 is 0 Å². The highest BCUT2D eigenvalue weighted by molar-refractivity contribution is 5.82. The fourth-order valence-electron chi connectivity index (χ4n) is 2.97. The molecule has 4 rings (SSSR count). The first-order valence-electron chi connectivity index (χ1n) is 7.93. The predicted molar refractivity (Wildman–Crippen MR) is 93.2 cm³/mol. The average Bonchev–Trinajstić information content (AvgIpc) is 3.02. The molecule has 3 heteroatoms. The first-order valence-corrected chi connectivity index (χ1v) is 7.93. The van der Waals surface area contributed by atoms with Crippen molar-refractivity contribution >= 4 is 10.8 Å². The number of rotatable bonds is 4. The number of benzene rings is 3. The van der Waals surface area contributed by atoms with E-state index in [1.807, 2.05) is 0 Å². The summed E-state index contributed by atoms with van der Waals surface area (Å²) in [5.41, 5.74) is 2.65. The fraction of sp³-hybridized carbons (Fsp3) is 0.0952. The van der Waals surface area contributed by atoms with Crippen molar-refractivity contribution in [3.8, 4) is 0 Å². The van der Waals surface area contributed by atoms with Gasteiger partial charge in [0.2, 0.25) is 6.33 Å². The highest BCUT2D eigenvalue weighted by Crippen LogP contribution is 2.15. The van der Waals surface area contributed by atoms with Crippen LogP contribution < -0.4 is 21.5 Å². The number of nitrogens with zero attached hydrogens (tertiary/aromatic N) is 2. The maximum Gasteiger partial charge on any atom is 0.244 e. The molecule has 0 bridgehead atoms. The third-order valence-electron chi connectivity index (χ3n) is 4.13. The molecule has 0 saturated carbocycles. The number of hydrogen-bond acceptors (Lipinski definition) is 0. The van der Waals surface area contributed by atoms with Gasteiger partial charge in [-0.25, -0.2) is 9.13 Å². The standard InChI is InChI=1S/C21H19N2.BrH/c1-2-6-18(7-3-1)15-22-12-13-23(17-22)16-19-10-11-20-8-4-5-9-21(20)14-19;/h1-14,17H,15-16H2;1H/q+1;/p-1. The molecular formula is C21H19BrN2. The smallest absolute Gasteiger partial charge is 0.244 e. The topological polar surface area (TPSA) is 8.81 Å². The second-order valence-electron chi connectivity index (χ2n) is 5.93. The first-order chi connectivity index (χ1) is 11.4. The summed E-state index contributed by atoms with van der Waals surface area (Å²) in [6.07, 6.45) is 6.44. The summed E-state index contributed by atoms with van der Waals surface area (Å²) in [6, 6.07) is 25.7. The second kappa shape index (κ2) is 7.45. The third-order valence-corrected chi connectivity index (χ3v) is 4.13. The zero-order valence-electron chi connectivity index (χ0n) is 13.3. The predicted octanol–water partition coefficient (Wildman–Crippen LogP) is 1.03. The summed E-state index contributed by atoms with van der Waals surface area (Å²) in [5, 5.41) is 2.59. The van der Waals surface area contributed by atoms with Crippen molar-refractivity contribution in [2.24, 2.45) is 0 Å². The van der Waals surface area contributed by atoms with E-state index in [2.05, 4.69) is 101 Å². The second-order valence-corrected chi connectivity index (χ2v) is 5.93. The van der Waals surface area contributed by atoms with Crippen LogP contribution in [-0.4, -0.2) is 4.57 Å². The van der Waals surface area contributed by atoms with E-state index in [-0.39, 0.29) is 17.0 Å². The molecule has 0 aliphatic carbocycles. The minimum Gasteiger partial charge on any atom is -1.00 e. The molecule has 3 aromatic carbocycles. The van der Waals surface area contributed by atoms with Gasteiger partial charge in [0.15, 0.2) is 0 Å². The van der Waals surface area contributed by atoms with E-state index in [0.29, 0.717) is 0 Å². The van der Waals surface area contributed by atoms with Crippen molar-refractivity contribution in [2.75, 3.05) is 0 Å². The third kappa shape index (κ3) is 3.74. The molecule has 0 spiro atoms. The molecule has 0 amide bonds. The zero-order valence-corrected chi connectivity index (χ0v) is 14.9. The van der Waals surface area contributed by atoms with Crippen LogP contribution in [0.1, 0.15) is 11.1 Å². The molecule has 0 N–H and O–H groups in total. The van der Waals surface area contributed by atoms with Crippen LogP contribution in [0.3, 0.4) is 0 Å². The Labute approximate surface area is 152 Å². The normalized spacial score (nSPS) is 10.5. The molecule has 1 heterocycles. The number of fused-ring (bicyclic) bond motifs is 1. The Morgan fingerprint density at radius 2 is 1.50 bits per heavy atom. The van der Waals surface area contributed by atoms with Gasteiger partial charge in [0.25, 0.3) is 0 Å². The number of hydrogen-bond donors (Lipinski definition) is 0. The van der Waals surface area contributed by atoms with Crippen LogP contribution in [0.2, 0.25) is 0 Å². The zero-order chi connectivity index (χ0) is 15.5. The van der Waals surface area contributed by atoms with Crippen LogP contribution in [0.5, 0.6) is 0 Å². The molecule has 1 aromatic heterocycles. The lowest BCUT2D eigenvalue weighted by molar-refractivity contribution is -0.687. The van der Waals surface area contributed by atoms with Crippen molar-refractivity contribution in [3.63, 3.8) is 0 Å². The number of halogens is 1. The molecule has 0 saturated heterocycles. The maximum absolute atomic E-state index is 2.27. The maximum atomic E-state index is 2.27.